The van der Waals surface area contributed by atoms with Crippen LogP contribution >= 0.6 is 0 Å². The summed E-state index contributed by atoms with van der Waals surface area (Å²) >= 11 is 0. The zero-order valence-corrected chi connectivity index (χ0v) is 14.5. The van der Waals surface area contributed by atoms with Crippen molar-refractivity contribution in [1.29, 1.82) is 0 Å². The minimum Gasteiger partial charge on any atom is -0.469 e. The minimum atomic E-state index is -0.334. The Bertz CT molecular complexity index is 702. The highest BCUT2D eigenvalue weighted by Gasteiger charge is 2.20. The van der Waals surface area contributed by atoms with Crippen molar-refractivity contribution < 1.29 is 19.1 Å². The Balaban J connectivity index is 2.04. The molecule has 0 bridgehead atoms. The maximum atomic E-state index is 12.2. The first-order valence-corrected chi connectivity index (χ1v) is 8.29. The van der Waals surface area contributed by atoms with Crippen LogP contribution in [0.2, 0.25) is 0 Å². The lowest BCUT2D eigenvalue weighted by molar-refractivity contribution is -0.150. The lowest BCUT2D eigenvalue weighted by atomic mass is 9.98. The molecule has 0 spiro atoms. The Morgan fingerprint density at radius 3 is 2.38 bits per heavy atom. The predicted octanol–water partition coefficient (Wildman–Crippen LogP) is 4.42. The van der Waals surface area contributed by atoms with Gasteiger partial charge in [0, 0.05) is 12.8 Å². The normalized spacial score (nSPS) is 13.3. The van der Waals surface area contributed by atoms with Gasteiger partial charge >= 0.3 is 11.9 Å². The molecule has 0 radical (unpaired) electrons. The van der Waals surface area contributed by atoms with E-state index in [9.17, 15) is 9.59 Å². The van der Waals surface area contributed by atoms with Crippen LogP contribution in [0.15, 0.2) is 42.5 Å². The van der Waals surface area contributed by atoms with Gasteiger partial charge in [-0.1, -0.05) is 55.8 Å². The fourth-order valence-corrected chi connectivity index (χ4v) is 2.83. The van der Waals surface area contributed by atoms with Crippen LogP contribution in [0.3, 0.4) is 0 Å². The number of ether oxygens (including phenoxy) is 2. The van der Waals surface area contributed by atoms with Gasteiger partial charge in [-0.2, -0.15) is 0 Å². The van der Waals surface area contributed by atoms with Gasteiger partial charge in [0.2, 0.25) is 0 Å². The van der Waals surface area contributed by atoms with Gasteiger partial charge in [0.15, 0.2) is 0 Å². The summed E-state index contributed by atoms with van der Waals surface area (Å²) in [7, 11) is 1.36. The van der Waals surface area contributed by atoms with Crippen molar-refractivity contribution in [3.8, 4) is 0 Å². The zero-order chi connectivity index (χ0) is 17.5. The molecule has 0 saturated heterocycles. The van der Waals surface area contributed by atoms with Gasteiger partial charge in [0.25, 0.3) is 0 Å². The molecule has 0 aliphatic rings. The predicted molar refractivity (Wildman–Crippen MR) is 93.5 cm³/mol. The number of fused-ring (bicyclic) bond motifs is 1. The van der Waals surface area contributed by atoms with Crippen LogP contribution in [0.5, 0.6) is 0 Å². The van der Waals surface area contributed by atoms with E-state index < -0.39 is 0 Å². The number of carbonyl (C=O) groups is 2. The van der Waals surface area contributed by atoms with Crippen molar-refractivity contribution in [3.05, 3.63) is 48.0 Å². The molecule has 0 unspecified atom stereocenters. The van der Waals surface area contributed by atoms with Crippen LogP contribution in [-0.4, -0.2) is 19.0 Å². The summed E-state index contributed by atoms with van der Waals surface area (Å²) < 4.78 is 10.3. The van der Waals surface area contributed by atoms with Crippen molar-refractivity contribution in [2.45, 2.75) is 39.2 Å². The number of methoxy groups -OCH3 is 1. The largest absolute Gasteiger partial charge is 0.469 e. The smallest absolute Gasteiger partial charge is 0.306 e. The quantitative estimate of drug-likeness (QED) is 0.706. The van der Waals surface area contributed by atoms with Gasteiger partial charge in [-0.05, 0) is 29.2 Å². The molecular formula is C20H24O4. The van der Waals surface area contributed by atoms with Crippen molar-refractivity contribution in [3.63, 3.8) is 0 Å². The topological polar surface area (TPSA) is 52.6 Å². The molecule has 0 aliphatic heterocycles. The lowest BCUT2D eigenvalue weighted by Gasteiger charge is -2.18. The lowest BCUT2D eigenvalue weighted by Crippen LogP contribution is -2.17. The number of esters is 2. The van der Waals surface area contributed by atoms with Gasteiger partial charge in [0.05, 0.1) is 7.11 Å². The summed E-state index contributed by atoms with van der Waals surface area (Å²) in [6.45, 7) is 3.83. The fourth-order valence-electron chi connectivity index (χ4n) is 2.83. The molecule has 0 heterocycles. The second-order valence-corrected chi connectivity index (χ2v) is 5.96. The van der Waals surface area contributed by atoms with Crippen molar-refractivity contribution in [1.82, 2.24) is 0 Å². The first kappa shape index (κ1) is 18.0. The molecule has 2 rings (SSSR count). The van der Waals surface area contributed by atoms with Crippen molar-refractivity contribution in [2.75, 3.05) is 7.11 Å². The van der Waals surface area contributed by atoms with E-state index in [0.717, 1.165) is 22.8 Å². The Morgan fingerprint density at radius 1 is 1.00 bits per heavy atom. The number of rotatable bonds is 7. The van der Waals surface area contributed by atoms with Gasteiger partial charge in [0.1, 0.15) is 6.10 Å². The minimum absolute atomic E-state index is 0.0512. The highest BCUT2D eigenvalue weighted by molar-refractivity contribution is 5.86. The summed E-state index contributed by atoms with van der Waals surface area (Å²) in [5, 5.41) is 2.21. The summed E-state index contributed by atoms with van der Waals surface area (Å²) in [5.74, 6) is -0.632. The van der Waals surface area contributed by atoms with E-state index >= 15 is 0 Å². The third-order valence-electron chi connectivity index (χ3n) is 4.29. The molecule has 0 aliphatic carbocycles. The van der Waals surface area contributed by atoms with Crippen LogP contribution in [0.25, 0.3) is 10.8 Å². The van der Waals surface area contributed by atoms with Crippen molar-refractivity contribution >= 4 is 22.7 Å². The van der Waals surface area contributed by atoms with E-state index in [1.165, 1.54) is 7.11 Å². The maximum Gasteiger partial charge on any atom is 0.306 e. The molecule has 4 nitrogen and oxygen atoms in total. The summed E-state index contributed by atoms with van der Waals surface area (Å²) in [5.41, 5.74) is 0.988. The third kappa shape index (κ3) is 4.57. The number of hydrogen-bond donors (Lipinski definition) is 0. The molecule has 0 aromatic heterocycles. The molecule has 128 valence electrons. The van der Waals surface area contributed by atoms with E-state index in [2.05, 4.69) is 4.74 Å². The number of carbonyl (C=O) groups excluding carboxylic acids is 2. The fraction of sp³-hybridized carbons (Fsp3) is 0.400. The van der Waals surface area contributed by atoms with Gasteiger partial charge < -0.3 is 9.47 Å². The second-order valence-electron chi connectivity index (χ2n) is 5.96. The highest BCUT2D eigenvalue weighted by Crippen LogP contribution is 2.27. The van der Waals surface area contributed by atoms with Crippen LogP contribution in [0, 0.1) is 5.92 Å². The molecule has 0 N–H and O–H groups in total. The average Bonchev–Trinajstić information content (AvgIpc) is 2.60. The second kappa shape index (κ2) is 8.48. The zero-order valence-electron chi connectivity index (χ0n) is 14.5. The Labute approximate surface area is 142 Å². The van der Waals surface area contributed by atoms with Gasteiger partial charge in [-0.15, -0.1) is 0 Å². The van der Waals surface area contributed by atoms with E-state index in [0.29, 0.717) is 0 Å². The summed E-state index contributed by atoms with van der Waals surface area (Å²) in [6.07, 6.45) is 0.859. The van der Waals surface area contributed by atoms with Crippen LogP contribution < -0.4 is 0 Å². The Hall–Kier alpha value is -2.36. The Morgan fingerprint density at radius 2 is 1.67 bits per heavy atom. The average molecular weight is 328 g/mol. The molecule has 0 fully saturated rings. The van der Waals surface area contributed by atoms with E-state index in [4.69, 9.17) is 4.74 Å². The first-order chi connectivity index (χ1) is 11.5. The number of hydrogen-bond acceptors (Lipinski definition) is 4. The molecule has 2 aromatic carbocycles. The van der Waals surface area contributed by atoms with Crippen molar-refractivity contribution in [2.24, 2.45) is 5.92 Å². The molecule has 24 heavy (non-hydrogen) atoms. The van der Waals surface area contributed by atoms with Gasteiger partial charge in [-0.25, -0.2) is 0 Å². The summed E-state index contributed by atoms with van der Waals surface area (Å²) in [6, 6.07) is 14.0. The highest BCUT2D eigenvalue weighted by atomic mass is 16.5. The maximum absolute atomic E-state index is 12.2. The van der Waals surface area contributed by atoms with Crippen LogP contribution in [-0.2, 0) is 19.1 Å². The molecule has 2 aromatic rings. The molecule has 2 atom stereocenters. The summed E-state index contributed by atoms with van der Waals surface area (Å²) in [4.78, 5) is 23.6. The SMILES string of the molecule is CC[C@H](CC(=O)OC)CC(=O)O[C@@H](C)c1cccc2ccccc12. The number of benzene rings is 2. The van der Waals surface area contributed by atoms with Crippen LogP contribution in [0.1, 0.15) is 44.8 Å². The Kier molecular flexibility index (Phi) is 6.36. The third-order valence-corrected chi connectivity index (χ3v) is 4.29. The monoisotopic (exact) mass is 328 g/mol. The molecule has 0 saturated carbocycles. The molecule has 4 heteroatoms. The molecular weight excluding hydrogens is 304 g/mol. The van der Waals surface area contributed by atoms with Gasteiger partial charge in [-0.3, -0.25) is 9.59 Å². The molecule has 0 amide bonds. The standard InChI is InChI=1S/C20H24O4/c1-4-15(12-19(21)23-3)13-20(22)24-14(2)17-11-7-9-16-8-5-6-10-18(16)17/h5-11,14-15H,4,12-13H2,1-3H3/t14-,15+/m0/s1. The van der Waals surface area contributed by atoms with E-state index in [1.54, 1.807) is 0 Å². The van der Waals surface area contributed by atoms with E-state index in [1.807, 2.05) is 56.3 Å². The van der Waals surface area contributed by atoms with E-state index in [-0.39, 0.29) is 36.8 Å². The first-order valence-electron chi connectivity index (χ1n) is 8.29. The van der Waals surface area contributed by atoms with Crippen LogP contribution in [0.4, 0.5) is 0 Å².